The second-order valence-electron chi connectivity index (χ2n) is 4.55. The van der Waals surface area contributed by atoms with Crippen LogP contribution in [-0.2, 0) is 10.0 Å². The maximum Gasteiger partial charge on any atom is 0.265 e. The van der Waals surface area contributed by atoms with Crippen LogP contribution in [0.1, 0.15) is 5.82 Å². The highest BCUT2D eigenvalue weighted by atomic mass is 32.2. The van der Waals surface area contributed by atoms with Gasteiger partial charge in [-0.15, -0.1) is 10.2 Å². The number of aromatic nitrogens is 3. The lowest BCUT2D eigenvalue weighted by atomic mass is 10.3. The van der Waals surface area contributed by atoms with Crippen LogP contribution in [0.3, 0.4) is 0 Å². The van der Waals surface area contributed by atoms with Crippen molar-refractivity contribution in [3.05, 3.63) is 54.0 Å². The molecule has 0 amide bonds. The first kappa shape index (κ1) is 14.4. The van der Waals surface area contributed by atoms with Gasteiger partial charge in [0.05, 0.1) is 5.69 Å². The zero-order chi connectivity index (χ0) is 15.9. The standard InChI is InChI=1S/C13H10F2N4O2S/c1-8-16-17-13-12(3-2-6-19(8)13)22(20,21)18-9-4-5-10(14)11(15)7-9/h2-7,18H,1H3. The van der Waals surface area contributed by atoms with Gasteiger partial charge in [-0.3, -0.25) is 9.12 Å². The summed E-state index contributed by atoms with van der Waals surface area (Å²) >= 11 is 0. The fraction of sp³-hybridized carbons (Fsp3) is 0.0769. The van der Waals surface area contributed by atoms with E-state index in [1.165, 1.54) is 16.5 Å². The molecule has 2 heterocycles. The van der Waals surface area contributed by atoms with Gasteiger partial charge in [0.2, 0.25) is 0 Å². The molecule has 0 bridgehead atoms. The third-order valence-corrected chi connectivity index (χ3v) is 4.43. The molecule has 3 rings (SSSR count). The molecular formula is C13H10F2N4O2S. The quantitative estimate of drug-likeness (QED) is 0.800. The number of benzene rings is 1. The molecule has 0 unspecified atom stereocenters. The van der Waals surface area contributed by atoms with Crippen molar-refractivity contribution in [2.75, 3.05) is 4.72 Å². The average Bonchev–Trinajstić information content (AvgIpc) is 2.84. The summed E-state index contributed by atoms with van der Waals surface area (Å²) in [4.78, 5) is -0.111. The van der Waals surface area contributed by atoms with Gasteiger partial charge in [0.15, 0.2) is 17.3 Å². The van der Waals surface area contributed by atoms with Crippen LogP contribution < -0.4 is 4.72 Å². The summed E-state index contributed by atoms with van der Waals surface area (Å²) in [5, 5.41) is 7.63. The Hall–Kier alpha value is -2.55. The van der Waals surface area contributed by atoms with Gasteiger partial charge in [0.1, 0.15) is 10.7 Å². The molecule has 2 aromatic heterocycles. The zero-order valence-corrected chi connectivity index (χ0v) is 12.1. The van der Waals surface area contributed by atoms with E-state index in [-0.39, 0.29) is 16.2 Å². The lowest BCUT2D eigenvalue weighted by Gasteiger charge is -2.09. The van der Waals surface area contributed by atoms with E-state index in [4.69, 9.17) is 0 Å². The largest absolute Gasteiger partial charge is 0.286 e. The molecule has 0 fully saturated rings. The fourth-order valence-corrected chi connectivity index (χ4v) is 3.17. The Morgan fingerprint density at radius 3 is 2.64 bits per heavy atom. The minimum atomic E-state index is -4.02. The molecule has 0 radical (unpaired) electrons. The van der Waals surface area contributed by atoms with Crippen molar-refractivity contribution in [3.8, 4) is 0 Å². The number of nitrogens with one attached hydrogen (secondary N) is 1. The van der Waals surface area contributed by atoms with Gasteiger partial charge >= 0.3 is 0 Å². The van der Waals surface area contributed by atoms with E-state index in [1.807, 2.05) is 0 Å². The number of hydrogen-bond acceptors (Lipinski definition) is 4. The minimum absolute atomic E-state index is 0.0860. The van der Waals surface area contributed by atoms with Crippen LogP contribution in [0, 0.1) is 18.6 Å². The highest BCUT2D eigenvalue weighted by Crippen LogP contribution is 2.21. The van der Waals surface area contributed by atoms with Crippen LogP contribution in [0.4, 0.5) is 14.5 Å². The van der Waals surface area contributed by atoms with Gasteiger partial charge in [-0.2, -0.15) is 0 Å². The van der Waals surface area contributed by atoms with Gasteiger partial charge in [0, 0.05) is 12.3 Å². The Morgan fingerprint density at radius 2 is 1.91 bits per heavy atom. The van der Waals surface area contributed by atoms with Crippen molar-refractivity contribution in [2.24, 2.45) is 0 Å². The highest BCUT2D eigenvalue weighted by molar-refractivity contribution is 7.93. The topological polar surface area (TPSA) is 76.4 Å². The number of nitrogens with zero attached hydrogens (tertiary/aromatic N) is 3. The predicted molar refractivity (Wildman–Crippen MR) is 74.9 cm³/mol. The normalized spacial score (nSPS) is 11.8. The van der Waals surface area contributed by atoms with E-state index in [0.717, 1.165) is 18.2 Å². The smallest absolute Gasteiger partial charge is 0.265 e. The monoisotopic (exact) mass is 324 g/mol. The first-order valence-electron chi connectivity index (χ1n) is 6.17. The van der Waals surface area contributed by atoms with E-state index < -0.39 is 21.7 Å². The molecule has 22 heavy (non-hydrogen) atoms. The lowest BCUT2D eigenvalue weighted by molar-refractivity contribution is 0.509. The first-order chi connectivity index (χ1) is 10.4. The van der Waals surface area contributed by atoms with Crippen LogP contribution in [0.15, 0.2) is 41.4 Å². The van der Waals surface area contributed by atoms with Crippen LogP contribution in [-0.4, -0.2) is 23.0 Å². The SMILES string of the molecule is Cc1nnc2c(S(=O)(=O)Nc3ccc(F)c(F)c3)cccn12. The number of rotatable bonds is 3. The summed E-state index contributed by atoms with van der Waals surface area (Å²) < 4.78 is 54.6. The van der Waals surface area contributed by atoms with Gasteiger partial charge in [0.25, 0.3) is 10.0 Å². The van der Waals surface area contributed by atoms with Crippen molar-refractivity contribution in [1.82, 2.24) is 14.6 Å². The van der Waals surface area contributed by atoms with E-state index >= 15 is 0 Å². The minimum Gasteiger partial charge on any atom is -0.286 e. The number of hydrogen-bond donors (Lipinski definition) is 1. The molecule has 0 aliphatic heterocycles. The van der Waals surface area contributed by atoms with Crippen molar-refractivity contribution < 1.29 is 17.2 Å². The Balaban J connectivity index is 2.06. The fourth-order valence-electron chi connectivity index (χ4n) is 1.99. The van der Waals surface area contributed by atoms with Gasteiger partial charge in [-0.05, 0) is 31.2 Å². The summed E-state index contributed by atoms with van der Waals surface area (Å²) in [5.74, 6) is -1.67. The Morgan fingerprint density at radius 1 is 1.14 bits per heavy atom. The zero-order valence-electron chi connectivity index (χ0n) is 11.3. The molecule has 0 spiro atoms. The van der Waals surface area contributed by atoms with Gasteiger partial charge in [-0.1, -0.05) is 0 Å². The molecule has 9 heteroatoms. The average molecular weight is 324 g/mol. The number of anilines is 1. The van der Waals surface area contributed by atoms with Crippen molar-refractivity contribution in [3.63, 3.8) is 0 Å². The predicted octanol–water partition coefficient (Wildman–Crippen LogP) is 2.12. The Kier molecular flexibility index (Phi) is 3.28. The van der Waals surface area contributed by atoms with Crippen LogP contribution >= 0.6 is 0 Å². The van der Waals surface area contributed by atoms with Crippen LogP contribution in [0.25, 0.3) is 5.65 Å². The second kappa shape index (κ2) is 5.02. The highest BCUT2D eigenvalue weighted by Gasteiger charge is 2.20. The maximum absolute atomic E-state index is 13.2. The second-order valence-corrected chi connectivity index (χ2v) is 6.20. The Bertz CT molecular complexity index is 969. The number of pyridine rings is 1. The molecule has 0 saturated heterocycles. The summed E-state index contributed by atoms with van der Waals surface area (Å²) in [6.45, 7) is 1.68. The molecule has 6 nitrogen and oxygen atoms in total. The van der Waals surface area contributed by atoms with E-state index in [2.05, 4.69) is 14.9 Å². The third-order valence-electron chi connectivity index (χ3n) is 3.03. The molecule has 114 valence electrons. The maximum atomic E-state index is 13.2. The van der Waals surface area contributed by atoms with E-state index in [0.29, 0.717) is 5.82 Å². The summed E-state index contributed by atoms with van der Waals surface area (Å²) in [7, 11) is -4.02. The Labute approximate surface area is 124 Å². The van der Waals surface area contributed by atoms with Crippen molar-refractivity contribution in [2.45, 2.75) is 11.8 Å². The van der Waals surface area contributed by atoms with Crippen LogP contribution in [0.2, 0.25) is 0 Å². The number of fused-ring (bicyclic) bond motifs is 1. The summed E-state index contributed by atoms with van der Waals surface area (Å²) in [6, 6.07) is 5.62. The van der Waals surface area contributed by atoms with Crippen molar-refractivity contribution in [1.29, 1.82) is 0 Å². The number of sulfonamides is 1. The lowest BCUT2D eigenvalue weighted by Crippen LogP contribution is -2.14. The molecule has 0 aliphatic carbocycles. The third kappa shape index (κ3) is 2.39. The molecule has 0 atom stereocenters. The first-order valence-corrected chi connectivity index (χ1v) is 7.65. The molecule has 0 saturated carbocycles. The molecular weight excluding hydrogens is 314 g/mol. The molecule has 1 N–H and O–H groups in total. The van der Waals surface area contributed by atoms with Gasteiger partial charge in [-0.25, -0.2) is 17.2 Å². The van der Waals surface area contributed by atoms with Crippen molar-refractivity contribution >= 4 is 21.4 Å². The summed E-state index contributed by atoms with van der Waals surface area (Å²) in [6.07, 6.45) is 1.63. The molecule has 0 aliphatic rings. The molecule has 1 aromatic carbocycles. The van der Waals surface area contributed by atoms with Crippen LogP contribution in [0.5, 0.6) is 0 Å². The van der Waals surface area contributed by atoms with Gasteiger partial charge < -0.3 is 0 Å². The van der Waals surface area contributed by atoms with E-state index in [9.17, 15) is 17.2 Å². The van der Waals surface area contributed by atoms with E-state index in [1.54, 1.807) is 13.1 Å². The summed E-state index contributed by atoms with van der Waals surface area (Å²) in [5.41, 5.74) is 0.0622. The molecule has 3 aromatic rings. The number of aryl methyl sites for hydroxylation is 1. The number of halogens is 2.